The second kappa shape index (κ2) is 5.83. The molecule has 1 rings (SSSR count). The van der Waals surface area contributed by atoms with Crippen molar-refractivity contribution in [1.82, 2.24) is 5.32 Å². The van der Waals surface area contributed by atoms with Crippen molar-refractivity contribution in [3.63, 3.8) is 0 Å². The Morgan fingerprint density at radius 1 is 1.62 bits per heavy atom. The first-order chi connectivity index (χ1) is 6.27. The fourth-order valence-electron chi connectivity index (χ4n) is 1.54. The minimum absolute atomic E-state index is 0.121. The van der Waals surface area contributed by atoms with E-state index in [0.717, 1.165) is 5.75 Å². The zero-order valence-corrected chi connectivity index (χ0v) is 9.07. The third-order valence-corrected chi connectivity index (χ3v) is 3.23. The number of nitrogens with one attached hydrogen (secondary N) is 1. The van der Waals surface area contributed by atoms with Crippen molar-refractivity contribution in [1.29, 1.82) is 0 Å². The molecule has 1 aliphatic rings. The molecule has 1 aliphatic heterocycles. The van der Waals surface area contributed by atoms with Crippen LogP contribution in [-0.2, 0) is 4.74 Å². The summed E-state index contributed by atoms with van der Waals surface area (Å²) < 4.78 is 18.4. The van der Waals surface area contributed by atoms with Crippen LogP contribution in [0.4, 0.5) is 4.39 Å². The lowest BCUT2D eigenvalue weighted by Crippen LogP contribution is -2.34. The molecule has 4 heteroatoms. The summed E-state index contributed by atoms with van der Waals surface area (Å²) in [4.78, 5) is 0. The molecule has 2 nitrogen and oxygen atoms in total. The number of hydrogen-bond acceptors (Lipinski definition) is 3. The van der Waals surface area contributed by atoms with E-state index in [1.54, 1.807) is 11.8 Å². The maximum absolute atomic E-state index is 12.9. The van der Waals surface area contributed by atoms with Gasteiger partial charge in [0, 0.05) is 19.2 Å². The number of halogens is 1. The summed E-state index contributed by atoms with van der Waals surface area (Å²) in [5, 5.41) is 3.16. The summed E-state index contributed by atoms with van der Waals surface area (Å²) in [6.07, 6.45) is -0.0945. The average molecular weight is 207 g/mol. The summed E-state index contributed by atoms with van der Waals surface area (Å²) in [5.74, 6) is 1.01. The van der Waals surface area contributed by atoms with E-state index in [9.17, 15) is 4.39 Å². The van der Waals surface area contributed by atoms with Crippen molar-refractivity contribution >= 4 is 11.8 Å². The van der Waals surface area contributed by atoms with Crippen molar-refractivity contribution in [2.45, 2.75) is 37.9 Å². The van der Waals surface area contributed by atoms with Crippen LogP contribution in [0.15, 0.2) is 0 Å². The van der Waals surface area contributed by atoms with Crippen molar-refractivity contribution in [2.75, 3.05) is 18.9 Å². The largest absolute Gasteiger partial charge is 0.366 e. The minimum atomic E-state index is -0.689. The van der Waals surface area contributed by atoms with E-state index in [-0.39, 0.29) is 11.5 Å². The van der Waals surface area contributed by atoms with Gasteiger partial charge in [-0.3, -0.25) is 0 Å². The predicted octanol–water partition coefficient (Wildman–Crippen LogP) is 1.80. The molecule has 0 aromatic heterocycles. The fraction of sp³-hybridized carbons (Fsp3) is 1.00. The topological polar surface area (TPSA) is 21.3 Å². The molecule has 1 N–H and O–H groups in total. The monoisotopic (exact) mass is 207 g/mol. The van der Waals surface area contributed by atoms with Crippen LogP contribution in [0.25, 0.3) is 0 Å². The molecule has 1 fully saturated rings. The zero-order valence-electron chi connectivity index (χ0n) is 8.25. The highest BCUT2D eigenvalue weighted by atomic mass is 32.2. The molecule has 13 heavy (non-hydrogen) atoms. The lowest BCUT2D eigenvalue weighted by atomic mass is 10.2. The third kappa shape index (κ3) is 3.44. The van der Waals surface area contributed by atoms with E-state index in [2.05, 4.69) is 12.2 Å². The van der Waals surface area contributed by atoms with Crippen LogP contribution < -0.4 is 5.32 Å². The Hall–Kier alpha value is 0.200. The quantitative estimate of drug-likeness (QED) is 0.695. The molecule has 0 bridgehead atoms. The van der Waals surface area contributed by atoms with E-state index >= 15 is 0 Å². The molecule has 0 aliphatic carbocycles. The number of rotatable bonds is 5. The summed E-state index contributed by atoms with van der Waals surface area (Å²) in [7, 11) is 0. The molecule has 3 unspecified atom stereocenters. The van der Waals surface area contributed by atoms with Gasteiger partial charge in [-0.05, 0) is 19.1 Å². The van der Waals surface area contributed by atoms with Gasteiger partial charge in [-0.1, -0.05) is 6.92 Å². The molecule has 0 aromatic rings. The van der Waals surface area contributed by atoms with Gasteiger partial charge in [0.05, 0.1) is 0 Å². The zero-order chi connectivity index (χ0) is 9.68. The second-order valence-corrected chi connectivity index (χ2v) is 4.50. The van der Waals surface area contributed by atoms with Gasteiger partial charge >= 0.3 is 0 Å². The summed E-state index contributed by atoms with van der Waals surface area (Å²) in [6.45, 7) is 5.26. The first-order valence-electron chi connectivity index (χ1n) is 4.88. The Morgan fingerprint density at radius 3 is 2.85 bits per heavy atom. The SMILES string of the molecule is CCOC(SCC)C1CC(F)CN1. The second-order valence-electron chi connectivity index (χ2n) is 3.13. The van der Waals surface area contributed by atoms with Gasteiger partial charge in [-0.25, -0.2) is 4.39 Å². The lowest BCUT2D eigenvalue weighted by molar-refractivity contribution is 0.1000. The van der Waals surface area contributed by atoms with Crippen LogP contribution in [0, 0.1) is 0 Å². The smallest absolute Gasteiger partial charge is 0.118 e. The molecule has 1 heterocycles. The van der Waals surface area contributed by atoms with Crippen LogP contribution in [0.5, 0.6) is 0 Å². The third-order valence-electron chi connectivity index (χ3n) is 2.10. The summed E-state index contributed by atoms with van der Waals surface area (Å²) >= 11 is 1.75. The molecule has 1 saturated heterocycles. The minimum Gasteiger partial charge on any atom is -0.366 e. The Morgan fingerprint density at radius 2 is 2.38 bits per heavy atom. The number of alkyl halides is 1. The van der Waals surface area contributed by atoms with Gasteiger partial charge in [0.25, 0.3) is 0 Å². The lowest BCUT2D eigenvalue weighted by Gasteiger charge is -2.22. The van der Waals surface area contributed by atoms with Crippen molar-refractivity contribution in [3.8, 4) is 0 Å². The highest BCUT2D eigenvalue weighted by molar-refractivity contribution is 7.99. The summed E-state index contributed by atoms with van der Waals surface area (Å²) in [5.41, 5.74) is 0.121. The number of hydrogen-bond donors (Lipinski definition) is 1. The average Bonchev–Trinajstić information content (AvgIpc) is 2.51. The van der Waals surface area contributed by atoms with Crippen molar-refractivity contribution < 1.29 is 9.13 Å². The standard InChI is InChI=1S/C9H18FNOS/c1-3-12-9(13-4-2)8-5-7(10)6-11-8/h7-9,11H,3-6H2,1-2H3. The van der Waals surface area contributed by atoms with Crippen LogP contribution in [0.3, 0.4) is 0 Å². The van der Waals surface area contributed by atoms with Crippen LogP contribution in [0.1, 0.15) is 20.3 Å². The first kappa shape index (κ1) is 11.3. The molecular weight excluding hydrogens is 189 g/mol. The molecule has 0 spiro atoms. The Kier molecular flexibility index (Phi) is 5.06. The van der Waals surface area contributed by atoms with E-state index in [4.69, 9.17) is 4.74 Å². The number of ether oxygens (including phenoxy) is 1. The molecule has 78 valence electrons. The van der Waals surface area contributed by atoms with Gasteiger partial charge in [0.2, 0.25) is 0 Å². The van der Waals surface area contributed by atoms with Crippen molar-refractivity contribution in [2.24, 2.45) is 0 Å². The van der Waals surface area contributed by atoms with E-state index in [1.165, 1.54) is 0 Å². The van der Waals surface area contributed by atoms with Gasteiger partial charge in [0.1, 0.15) is 11.6 Å². The molecule has 3 atom stereocenters. The highest BCUT2D eigenvalue weighted by Gasteiger charge is 2.30. The van der Waals surface area contributed by atoms with Crippen LogP contribution in [-0.4, -0.2) is 36.6 Å². The van der Waals surface area contributed by atoms with Crippen molar-refractivity contribution in [3.05, 3.63) is 0 Å². The van der Waals surface area contributed by atoms with E-state index < -0.39 is 6.17 Å². The molecule has 0 aromatic carbocycles. The van der Waals surface area contributed by atoms with Crippen LogP contribution >= 0.6 is 11.8 Å². The van der Waals surface area contributed by atoms with Gasteiger partial charge in [0.15, 0.2) is 0 Å². The van der Waals surface area contributed by atoms with E-state index in [0.29, 0.717) is 19.6 Å². The Labute approximate surface area is 83.6 Å². The van der Waals surface area contributed by atoms with E-state index in [1.807, 2.05) is 6.92 Å². The Bertz CT molecular complexity index is 142. The number of thioether (sulfide) groups is 1. The molecule has 0 amide bonds. The predicted molar refractivity (Wildman–Crippen MR) is 54.8 cm³/mol. The van der Waals surface area contributed by atoms with Gasteiger partial charge < -0.3 is 10.1 Å². The summed E-state index contributed by atoms with van der Waals surface area (Å²) in [6, 6.07) is 0.194. The van der Waals surface area contributed by atoms with Gasteiger partial charge in [-0.2, -0.15) is 0 Å². The maximum atomic E-state index is 12.9. The fourth-order valence-corrected chi connectivity index (χ4v) is 2.54. The van der Waals surface area contributed by atoms with Gasteiger partial charge in [-0.15, -0.1) is 11.8 Å². The Balaban J connectivity index is 2.35. The molecule has 0 saturated carbocycles. The first-order valence-corrected chi connectivity index (χ1v) is 5.93. The molecular formula is C9H18FNOS. The highest BCUT2D eigenvalue weighted by Crippen LogP contribution is 2.23. The maximum Gasteiger partial charge on any atom is 0.118 e. The molecule has 0 radical (unpaired) electrons. The normalized spacial score (nSPS) is 30.7. The van der Waals surface area contributed by atoms with Crippen LogP contribution in [0.2, 0.25) is 0 Å².